The van der Waals surface area contributed by atoms with Crippen molar-refractivity contribution in [1.29, 1.82) is 0 Å². The Bertz CT molecular complexity index is 938. The molecule has 1 aromatic carbocycles. The van der Waals surface area contributed by atoms with E-state index in [1.54, 1.807) is 11.0 Å². The molecule has 166 valence electrons. The van der Waals surface area contributed by atoms with Crippen LogP contribution >= 0.6 is 0 Å². The first kappa shape index (κ1) is 21.1. The fourth-order valence-electron chi connectivity index (χ4n) is 4.34. The molecule has 31 heavy (non-hydrogen) atoms. The van der Waals surface area contributed by atoms with Gasteiger partial charge in [0.25, 0.3) is 5.91 Å². The molecule has 0 bridgehead atoms. The zero-order valence-corrected chi connectivity index (χ0v) is 18.1. The monoisotopic (exact) mass is 428 g/mol. The minimum atomic E-state index is -0.616. The summed E-state index contributed by atoms with van der Waals surface area (Å²) in [6.45, 7) is 7.28. The first-order valence-corrected chi connectivity index (χ1v) is 10.6. The van der Waals surface area contributed by atoms with Crippen molar-refractivity contribution in [2.45, 2.75) is 64.3 Å². The Morgan fingerprint density at radius 3 is 2.68 bits per heavy atom. The number of carbonyl (C=O) groups is 4. The summed E-state index contributed by atoms with van der Waals surface area (Å²) in [5.41, 5.74) is 1.90. The smallest absolute Gasteiger partial charge is 0.407 e. The fourth-order valence-corrected chi connectivity index (χ4v) is 4.34. The summed E-state index contributed by atoms with van der Waals surface area (Å²) >= 11 is 0. The van der Waals surface area contributed by atoms with Crippen LogP contribution in [0.15, 0.2) is 18.2 Å². The van der Waals surface area contributed by atoms with Gasteiger partial charge < -0.3 is 19.9 Å². The highest BCUT2D eigenvalue weighted by Gasteiger charge is 2.39. The summed E-state index contributed by atoms with van der Waals surface area (Å²) in [6.07, 6.45) is 0.972. The zero-order valence-electron chi connectivity index (χ0n) is 18.1. The number of benzene rings is 1. The molecule has 9 nitrogen and oxygen atoms in total. The van der Waals surface area contributed by atoms with E-state index < -0.39 is 23.6 Å². The second-order valence-electron chi connectivity index (χ2n) is 9.32. The lowest BCUT2D eigenvalue weighted by atomic mass is 10.0. The van der Waals surface area contributed by atoms with Crippen molar-refractivity contribution in [1.82, 2.24) is 15.5 Å². The van der Waals surface area contributed by atoms with E-state index in [2.05, 4.69) is 15.5 Å². The van der Waals surface area contributed by atoms with Crippen molar-refractivity contribution in [3.8, 4) is 0 Å². The lowest BCUT2D eigenvalue weighted by Gasteiger charge is -2.29. The standard InChI is InChI=1S/C22H28N4O5/c1-22(2,3)31-21(30)23-14-8-9-25(12-14)15-4-5-16-13(10-15)11-26(20(16)29)17-6-7-18(27)24-19(17)28/h4-5,10,14,17H,6-9,11-12H2,1-3H3,(H,23,30)(H,24,27,28)/t14-,17?/m0/s1. The van der Waals surface area contributed by atoms with Crippen LogP contribution in [-0.4, -0.2) is 59.5 Å². The summed E-state index contributed by atoms with van der Waals surface area (Å²) in [7, 11) is 0. The van der Waals surface area contributed by atoms with Crippen molar-refractivity contribution in [2.75, 3.05) is 18.0 Å². The van der Waals surface area contributed by atoms with Gasteiger partial charge in [-0.3, -0.25) is 19.7 Å². The molecule has 3 aliphatic heterocycles. The van der Waals surface area contributed by atoms with E-state index in [1.165, 1.54) is 0 Å². The summed E-state index contributed by atoms with van der Waals surface area (Å²) in [4.78, 5) is 52.2. The van der Waals surface area contributed by atoms with Crippen LogP contribution in [0.5, 0.6) is 0 Å². The average molecular weight is 428 g/mol. The Labute approximate surface area is 181 Å². The first-order chi connectivity index (χ1) is 14.6. The number of ether oxygens (including phenoxy) is 1. The van der Waals surface area contributed by atoms with Crippen LogP contribution in [0.1, 0.15) is 56.0 Å². The van der Waals surface area contributed by atoms with E-state index in [4.69, 9.17) is 4.74 Å². The molecule has 2 fully saturated rings. The summed E-state index contributed by atoms with van der Waals surface area (Å²) < 4.78 is 5.33. The van der Waals surface area contributed by atoms with Gasteiger partial charge in [0, 0.05) is 37.3 Å². The number of anilines is 1. The molecule has 4 rings (SSSR count). The quantitative estimate of drug-likeness (QED) is 0.708. The van der Waals surface area contributed by atoms with Crippen LogP contribution in [0.3, 0.4) is 0 Å². The number of alkyl carbamates (subject to hydrolysis) is 1. The molecule has 2 atom stereocenters. The molecule has 4 amide bonds. The summed E-state index contributed by atoms with van der Waals surface area (Å²) in [6, 6.07) is 5.06. The van der Waals surface area contributed by atoms with E-state index >= 15 is 0 Å². The van der Waals surface area contributed by atoms with E-state index in [9.17, 15) is 19.2 Å². The van der Waals surface area contributed by atoms with E-state index in [0.29, 0.717) is 25.1 Å². The number of hydrogen-bond acceptors (Lipinski definition) is 6. The van der Waals surface area contributed by atoms with Crippen molar-refractivity contribution >= 4 is 29.5 Å². The van der Waals surface area contributed by atoms with Crippen molar-refractivity contribution in [3.05, 3.63) is 29.3 Å². The minimum absolute atomic E-state index is 0.00953. The van der Waals surface area contributed by atoms with Crippen molar-refractivity contribution < 1.29 is 23.9 Å². The number of hydrogen-bond donors (Lipinski definition) is 2. The topological polar surface area (TPSA) is 108 Å². The second kappa shape index (κ2) is 7.86. The number of carbonyl (C=O) groups excluding carboxylic acids is 4. The largest absolute Gasteiger partial charge is 0.444 e. The Hall–Kier alpha value is -3.10. The lowest BCUT2D eigenvalue weighted by Crippen LogP contribution is -2.52. The molecule has 9 heteroatoms. The van der Waals surface area contributed by atoms with Crippen LogP contribution in [0.4, 0.5) is 10.5 Å². The third-order valence-electron chi connectivity index (χ3n) is 5.78. The molecule has 1 unspecified atom stereocenters. The predicted molar refractivity (Wildman–Crippen MR) is 112 cm³/mol. The molecule has 0 aromatic heterocycles. The van der Waals surface area contributed by atoms with Gasteiger partial charge in [-0.25, -0.2) is 4.79 Å². The maximum Gasteiger partial charge on any atom is 0.407 e. The molecule has 0 spiro atoms. The van der Waals surface area contributed by atoms with Gasteiger partial charge in [-0.05, 0) is 57.4 Å². The molecule has 1 aromatic rings. The third kappa shape index (κ3) is 4.50. The van der Waals surface area contributed by atoms with Crippen molar-refractivity contribution in [3.63, 3.8) is 0 Å². The first-order valence-electron chi connectivity index (χ1n) is 10.6. The number of imide groups is 1. The molecular weight excluding hydrogens is 400 g/mol. The maximum atomic E-state index is 12.8. The number of nitrogens with zero attached hydrogens (tertiary/aromatic N) is 2. The van der Waals surface area contributed by atoms with Gasteiger partial charge in [0.05, 0.1) is 6.04 Å². The van der Waals surface area contributed by atoms with Crippen molar-refractivity contribution in [2.24, 2.45) is 0 Å². The predicted octanol–water partition coefficient (Wildman–Crippen LogP) is 1.55. The normalized spacial score (nSPS) is 23.6. The number of fused-ring (bicyclic) bond motifs is 1. The number of piperidine rings is 1. The van der Waals surface area contributed by atoms with Gasteiger partial charge in [0.1, 0.15) is 11.6 Å². The highest BCUT2D eigenvalue weighted by molar-refractivity contribution is 6.05. The van der Waals surface area contributed by atoms with Gasteiger partial charge in [0.2, 0.25) is 11.8 Å². The molecule has 2 saturated heterocycles. The van der Waals surface area contributed by atoms with Gasteiger partial charge >= 0.3 is 6.09 Å². The van der Waals surface area contributed by atoms with Crippen LogP contribution in [0.2, 0.25) is 0 Å². The number of nitrogens with one attached hydrogen (secondary N) is 2. The lowest BCUT2D eigenvalue weighted by molar-refractivity contribution is -0.136. The second-order valence-corrected chi connectivity index (χ2v) is 9.32. The Morgan fingerprint density at radius 1 is 1.19 bits per heavy atom. The summed E-state index contributed by atoms with van der Waals surface area (Å²) in [5, 5.41) is 5.24. The summed E-state index contributed by atoms with van der Waals surface area (Å²) in [5.74, 6) is -0.883. The molecule has 2 N–H and O–H groups in total. The fraction of sp³-hybridized carbons (Fsp3) is 0.545. The van der Waals surface area contributed by atoms with Crippen LogP contribution in [0, 0.1) is 0 Å². The molecular formula is C22H28N4O5. The zero-order chi connectivity index (χ0) is 22.3. The highest BCUT2D eigenvalue weighted by Crippen LogP contribution is 2.31. The van der Waals surface area contributed by atoms with Gasteiger partial charge in [-0.1, -0.05) is 0 Å². The Balaban J connectivity index is 1.40. The van der Waals surface area contributed by atoms with Gasteiger partial charge in [-0.2, -0.15) is 0 Å². The average Bonchev–Trinajstić information content (AvgIpc) is 3.25. The highest BCUT2D eigenvalue weighted by atomic mass is 16.6. The van der Waals surface area contributed by atoms with Crippen LogP contribution in [0.25, 0.3) is 0 Å². The van der Waals surface area contributed by atoms with E-state index in [1.807, 2.05) is 32.9 Å². The molecule has 3 aliphatic rings. The minimum Gasteiger partial charge on any atom is -0.444 e. The van der Waals surface area contributed by atoms with E-state index in [0.717, 1.165) is 24.2 Å². The Kier molecular flexibility index (Phi) is 5.36. The number of rotatable bonds is 3. The maximum absolute atomic E-state index is 12.8. The Morgan fingerprint density at radius 2 is 1.97 bits per heavy atom. The van der Waals surface area contributed by atoms with Crippen LogP contribution < -0.4 is 15.5 Å². The number of amides is 4. The van der Waals surface area contributed by atoms with Crippen LogP contribution in [-0.2, 0) is 20.9 Å². The molecule has 0 radical (unpaired) electrons. The van der Waals surface area contributed by atoms with E-state index in [-0.39, 0.29) is 24.3 Å². The molecule has 0 aliphatic carbocycles. The van der Waals surface area contributed by atoms with Gasteiger partial charge in [0.15, 0.2) is 0 Å². The SMILES string of the molecule is CC(C)(C)OC(=O)N[C@H]1CCN(c2ccc3c(c2)CN(C2CCC(=O)NC2=O)C3=O)C1. The third-order valence-corrected chi connectivity index (χ3v) is 5.78. The molecule has 3 heterocycles. The van der Waals surface area contributed by atoms with Gasteiger partial charge in [-0.15, -0.1) is 0 Å². The molecule has 0 saturated carbocycles.